The molecule has 2 saturated carbocycles. The van der Waals surface area contributed by atoms with E-state index < -0.39 is 5.54 Å². The van der Waals surface area contributed by atoms with Crippen LogP contribution >= 0.6 is 12.4 Å². The van der Waals surface area contributed by atoms with Gasteiger partial charge in [-0.05, 0) is 31.6 Å². The summed E-state index contributed by atoms with van der Waals surface area (Å²) < 4.78 is 0. The van der Waals surface area contributed by atoms with Gasteiger partial charge < -0.3 is 11.1 Å². The van der Waals surface area contributed by atoms with Crippen molar-refractivity contribution in [3.63, 3.8) is 0 Å². The van der Waals surface area contributed by atoms with E-state index in [1.165, 1.54) is 32.1 Å². The van der Waals surface area contributed by atoms with Crippen molar-refractivity contribution in [2.24, 2.45) is 11.7 Å². The SMILES string of the molecule is Cl.NC1(C(=O)NCC2CCCC2)CCCCC1. The summed E-state index contributed by atoms with van der Waals surface area (Å²) in [4.78, 5) is 12.0. The topological polar surface area (TPSA) is 55.1 Å². The predicted molar refractivity (Wildman–Crippen MR) is 72.2 cm³/mol. The molecule has 2 fully saturated rings. The molecule has 0 unspecified atom stereocenters. The Balaban J connectivity index is 0.00000144. The molecule has 0 aromatic rings. The van der Waals surface area contributed by atoms with Crippen LogP contribution in [0.25, 0.3) is 0 Å². The van der Waals surface area contributed by atoms with Crippen LogP contribution in [-0.4, -0.2) is 18.0 Å². The van der Waals surface area contributed by atoms with Gasteiger partial charge in [-0.15, -0.1) is 12.4 Å². The van der Waals surface area contributed by atoms with Gasteiger partial charge in [-0.2, -0.15) is 0 Å². The van der Waals surface area contributed by atoms with Crippen LogP contribution in [0.4, 0.5) is 0 Å². The van der Waals surface area contributed by atoms with Gasteiger partial charge in [0.25, 0.3) is 0 Å². The molecule has 4 heteroatoms. The smallest absolute Gasteiger partial charge is 0.240 e. The number of carbonyl (C=O) groups is 1. The average molecular weight is 261 g/mol. The molecule has 2 rings (SSSR count). The van der Waals surface area contributed by atoms with Crippen molar-refractivity contribution in [3.05, 3.63) is 0 Å². The van der Waals surface area contributed by atoms with Gasteiger partial charge in [0.1, 0.15) is 0 Å². The molecule has 0 atom stereocenters. The van der Waals surface area contributed by atoms with Crippen LogP contribution in [-0.2, 0) is 4.79 Å². The molecular weight excluding hydrogens is 236 g/mol. The first-order chi connectivity index (χ1) is 7.71. The predicted octanol–water partition coefficient (Wildman–Crippen LogP) is 2.38. The van der Waals surface area contributed by atoms with Crippen LogP contribution in [0.3, 0.4) is 0 Å². The normalized spacial score (nSPS) is 24.1. The maximum absolute atomic E-state index is 12.0. The first-order valence-corrected chi connectivity index (χ1v) is 6.78. The molecule has 0 bridgehead atoms. The summed E-state index contributed by atoms with van der Waals surface area (Å²) >= 11 is 0. The summed E-state index contributed by atoms with van der Waals surface area (Å²) in [6.45, 7) is 0.845. The molecule has 0 aliphatic heterocycles. The molecule has 2 aliphatic carbocycles. The molecule has 3 nitrogen and oxygen atoms in total. The molecule has 0 heterocycles. The summed E-state index contributed by atoms with van der Waals surface area (Å²) in [6, 6.07) is 0. The van der Waals surface area contributed by atoms with Crippen molar-refractivity contribution < 1.29 is 4.79 Å². The summed E-state index contributed by atoms with van der Waals surface area (Å²) in [5.74, 6) is 0.801. The van der Waals surface area contributed by atoms with Crippen LogP contribution in [0.15, 0.2) is 0 Å². The van der Waals surface area contributed by atoms with Crippen LogP contribution in [0, 0.1) is 5.92 Å². The molecular formula is C13H25ClN2O. The number of rotatable bonds is 3. The molecule has 3 N–H and O–H groups in total. The van der Waals surface area contributed by atoms with E-state index >= 15 is 0 Å². The number of halogens is 1. The van der Waals surface area contributed by atoms with E-state index in [0.717, 1.165) is 32.2 Å². The van der Waals surface area contributed by atoms with Crippen molar-refractivity contribution in [2.45, 2.75) is 63.3 Å². The summed E-state index contributed by atoms with van der Waals surface area (Å²) in [7, 11) is 0. The zero-order valence-corrected chi connectivity index (χ0v) is 11.4. The quantitative estimate of drug-likeness (QED) is 0.819. The maximum Gasteiger partial charge on any atom is 0.240 e. The molecule has 0 aromatic carbocycles. The van der Waals surface area contributed by atoms with Gasteiger partial charge in [0.15, 0.2) is 0 Å². The highest BCUT2D eigenvalue weighted by molar-refractivity contribution is 5.86. The van der Waals surface area contributed by atoms with Crippen molar-refractivity contribution in [1.82, 2.24) is 5.32 Å². The molecule has 0 aromatic heterocycles. The van der Waals surface area contributed by atoms with E-state index in [2.05, 4.69) is 5.32 Å². The van der Waals surface area contributed by atoms with Gasteiger partial charge in [-0.1, -0.05) is 32.1 Å². The van der Waals surface area contributed by atoms with E-state index in [1.807, 2.05) is 0 Å². The Morgan fingerprint density at radius 3 is 2.29 bits per heavy atom. The van der Waals surface area contributed by atoms with Crippen molar-refractivity contribution >= 4 is 18.3 Å². The fraction of sp³-hybridized carbons (Fsp3) is 0.923. The zero-order chi connectivity index (χ0) is 11.4. The third-order valence-corrected chi connectivity index (χ3v) is 4.22. The summed E-state index contributed by atoms with van der Waals surface area (Å²) in [5, 5.41) is 3.07. The van der Waals surface area contributed by atoms with Crippen molar-refractivity contribution in [1.29, 1.82) is 0 Å². The van der Waals surface area contributed by atoms with Crippen LogP contribution in [0.2, 0.25) is 0 Å². The number of hydrogen-bond acceptors (Lipinski definition) is 2. The second-order valence-corrected chi connectivity index (χ2v) is 5.58. The first kappa shape index (κ1) is 14.8. The lowest BCUT2D eigenvalue weighted by molar-refractivity contribution is -0.127. The first-order valence-electron chi connectivity index (χ1n) is 6.78. The standard InChI is InChI=1S/C13H24N2O.ClH/c14-13(8-4-1-5-9-13)12(16)15-10-11-6-2-3-7-11;/h11H,1-10,14H2,(H,15,16);1H. The van der Waals surface area contributed by atoms with E-state index in [9.17, 15) is 4.79 Å². The number of nitrogens with one attached hydrogen (secondary N) is 1. The zero-order valence-electron chi connectivity index (χ0n) is 10.5. The molecule has 0 spiro atoms. The average Bonchev–Trinajstić information content (AvgIpc) is 2.79. The molecule has 0 saturated heterocycles. The molecule has 1 amide bonds. The second kappa shape index (κ2) is 6.60. The van der Waals surface area contributed by atoms with E-state index in [4.69, 9.17) is 5.73 Å². The molecule has 100 valence electrons. The molecule has 17 heavy (non-hydrogen) atoms. The largest absolute Gasteiger partial charge is 0.354 e. The lowest BCUT2D eigenvalue weighted by atomic mass is 9.82. The van der Waals surface area contributed by atoms with Gasteiger partial charge in [0.05, 0.1) is 5.54 Å². The highest BCUT2D eigenvalue weighted by atomic mass is 35.5. The fourth-order valence-corrected chi connectivity index (χ4v) is 3.04. The lowest BCUT2D eigenvalue weighted by Crippen LogP contribution is -2.55. The number of hydrogen-bond donors (Lipinski definition) is 2. The van der Waals surface area contributed by atoms with Gasteiger partial charge in [-0.25, -0.2) is 0 Å². The summed E-state index contributed by atoms with van der Waals surface area (Å²) in [5.41, 5.74) is 5.62. The second-order valence-electron chi connectivity index (χ2n) is 5.58. The van der Waals surface area contributed by atoms with Crippen LogP contribution in [0.5, 0.6) is 0 Å². The lowest BCUT2D eigenvalue weighted by Gasteiger charge is -2.32. The summed E-state index contributed by atoms with van der Waals surface area (Å²) in [6.07, 6.45) is 10.4. The monoisotopic (exact) mass is 260 g/mol. The van der Waals surface area contributed by atoms with E-state index in [-0.39, 0.29) is 18.3 Å². The molecule has 0 radical (unpaired) electrons. The minimum Gasteiger partial charge on any atom is -0.354 e. The van der Waals surface area contributed by atoms with Gasteiger partial charge in [-0.3, -0.25) is 4.79 Å². The minimum atomic E-state index is -0.559. The Bertz CT molecular complexity index is 246. The minimum absolute atomic E-state index is 0. The maximum atomic E-state index is 12.0. The van der Waals surface area contributed by atoms with Crippen molar-refractivity contribution in [3.8, 4) is 0 Å². The van der Waals surface area contributed by atoms with Crippen molar-refractivity contribution in [2.75, 3.05) is 6.54 Å². The van der Waals surface area contributed by atoms with E-state index in [0.29, 0.717) is 5.92 Å². The number of amides is 1. The Morgan fingerprint density at radius 1 is 1.12 bits per heavy atom. The number of carbonyl (C=O) groups excluding carboxylic acids is 1. The van der Waals surface area contributed by atoms with Crippen LogP contribution < -0.4 is 11.1 Å². The fourth-order valence-electron chi connectivity index (χ4n) is 3.04. The van der Waals surface area contributed by atoms with Gasteiger partial charge in [0.2, 0.25) is 5.91 Å². The Kier molecular flexibility index (Phi) is 5.74. The van der Waals surface area contributed by atoms with Gasteiger partial charge in [0, 0.05) is 6.54 Å². The Morgan fingerprint density at radius 2 is 1.71 bits per heavy atom. The van der Waals surface area contributed by atoms with E-state index in [1.54, 1.807) is 0 Å². The highest BCUT2D eigenvalue weighted by Crippen LogP contribution is 2.27. The Labute approximate surface area is 110 Å². The van der Waals surface area contributed by atoms with Crippen LogP contribution in [0.1, 0.15) is 57.8 Å². The Hall–Kier alpha value is -0.280. The third kappa shape index (κ3) is 3.85. The van der Waals surface area contributed by atoms with Gasteiger partial charge >= 0.3 is 0 Å². The number of nitrogens with two attached hydrogens (primary N) is 1. The highest BCUT2D eigenvalue weighted by Gasteiger charge is 2.35. The third-order valence-electron chi connectivity index (χ3n) is 4.22. The molecule has 2 aliphatic rings.